The maximum atomic E-state index is 12.5. The average molecular weight is 1750 g/mol. The Morgan fingerprint density at radius 2 is 0.727 bits per heavy atom. The van der Waals surface area contributed by atoms with Crippen LogP contribution in [0.25, 0.3) is 88.1 Å². The summed E-state index contributed by atoms with van der Waals surface area (Å²) in [5, 5.41) is 24.2. The number of ether oxygens (including phenoxy) is 3. The second kappa shape index (κ2) is 45.0. The molecule has 1 aliphatic heterocycles. The zero-order chi connectivity index (χ0) is 86.8. The molecule has 0 amide bonds. The molecule has 644 valence electrons. The van der Waals surface area contributed by atoms with Crippen molar-refractivity contribution >= 4 is 113 Å². The number of alkyl halides is 9. The Labute approximate surface area is 722 Å². The Hall–Kier alpha value is -9.63. The number of aryl methyl sites for hydroxylation is 1. The molecule has 12 aromatic rings. The second-order valence-electron chi connectivity index (χ2n) is 29.3. The van der Waals surface area contributed by atoms with Crippen molar-refractivity contribution in [2.75, 3.05) is 106 Å². The molecule has 15 nitrogen and oxygen atoms in total. The lowest BCUT2D eigenvalue weighted by atomic mass is 10.0. The number of pyridine rings is 4. The third kappa shape index (κ3) is 28.2. The zero-order valence-electron chi connectivity index (χ0n) is 69.0. The Bertz CT molecular complexity index is 5270. The summed E-state index contributed by atoms with van der Waals surface area (Å²) in [6.07, 6.45) is 0.830. The lowest BCUT2D eigenvalue weighted by Gasteiger charge is -2.24. The van der Waals surface area contributed by atoms with E-state index in [-0.39, 0.29) is 17.2 Å². The fraction of sp³-hybridized carbons (Fsp3) is 0.355. The predicted molar refractivity (Wildman–Crippen MR) is 480 cm³/mol. The van der Waals surface area contributed by atoms with Crippen molar-refractivity contribution in [1.29, 1.82) is 0 Å². The molecular formula is C93H103Cl4F9N12O3. The molecule has 1 saturated heterocycles. The number of aromatic nitrogens is 4. The molecule has 8 aromatic carbocycles. The van der Waals surface area contributed by atoms with Crippen LogP contribution in [0.1, 0.15) is 99.0 Å². The molecule has 0 aliphatic carbocycles. The van der Waals surface area contributed by atoms with E-state index >= 15 is 0 Å². The molecule has 5 heterocycles. The molecule has 4 aromatic heterocycles. The molecule has 0 saturated carbocycles. The van der Waals surface area contributed by atoms with E-state index in [0.717, 1.165) is 203 Å². The van der Waals surface area contributed by atoms with Gasteiger partial charge in [-0.15, -0.1) is 39.5 Å². The summed E-state index contributed by atoms with van der Waals surface area (Å²) < 4.78 is 124. The number of likely N-dealkylation sites (N-methyl/N-ethyl adjacent to an activating group) is 1. The zero-order valence-corrected chi connectivity index (χ0v) is 72.1. The highest BCUT2D eigenvalue weighted by molar-refractivity contribution is 6.32. The molecule has 1 fully saturated rings. The van der Waals surface area contributed by atoms with E-state index in [9.17, 15) is 39.5 Å². The van der Waals surface area contributed by atoms with Crippen LogP contribution in [-0.4, -0.2) is 151 Å². The highest BCUT2D eigenvalue weighted by Gasteiger charge is 2.33. The fourth-order valence-electron chi connectivity index (χ4n) is 14.5. The van der Waals surface area contributed by atoms with Gasteiger partial charge >= 0.3 is 19.1 Å². The van der Waals surface area contributed by atoms with Gasteiger partial charge in [0, 0.05) is 127 Å². The fourth-order valence-corrected chi connectivity index (χ4v) is 15.1. The minimum Gasteiger partial charge on any atom is -0.406 e. The molecule has 1 aliphatic rings. The van der Waals surface area contributed by atoms with E-state index in [2.05, 4.69) is 161 Å². The number of fused-ring (bicyclic) bond motifs is 4. The summed E-state index contributed by atoms with van der Waals surface area (Å²) in [6, 6.07) is 49.4. The predicted octanol–water partition coefficient (Wildman–Crippen LogP) is 26.0. The number of anilines is 4. The standard InChI is InChI=1S/C25H32ClN3.C23H23ClF3N3O.C23H25ClF3N3O.C22H23ClF3N3O/c1-5-29(6-2)15-7-8-19(4)28-25-22-14-13-21(26)16-24(22)27-17-23(25)20-11-9-18(3)10-12-20;24-16-6-9-19-21(13-16)30-14-20(15-4-7-18(8-5-15)31-23(25,26)27)22(19)29-12-10-17-3-1-2-11-28-17;1-3-30(4-2)13-5-12-28-22-19-11-8-17(24)14-21(19)29-15-20(22)16-6-9-18(10-7-16)31-23(25,26)27;1-3-29(4-2)12-11-27-21-18-10-7-16(23)13-20(18)28-14-19(21)15-5-8-17(9-6-15)30-22(24,25)26/h9-14,16-17,19H,5-8,15H2,1-4H3,(H,27,28);4-9,13-14,17,28H,1-3,10-12H2,(H,29,30);6-11,14-15H,3-5,12-13H2,1-2H3,(H,28,29);5-10,13-14H,3-4,11-12H2,1-2H3,(H,27,28). The molecule has 0 spiro atoms. The number of hydrogen-bond acceptors (Lipinski definition) is 15. The summed E-state index contributed by atoms with van der Waals surface area (Å²) >= 11 is 24.6. The van der Waals surface area contributed by atoms with Crippen LogP contribution in [0.5, 0.6) is 17.2 Å². The van der Waals surface area contributed by atoms with Crippen molar-refractivity contribution in [1.82, 2.24) is 40.0 Å². The first kappa shape index (κ1) is 93.6. The van der Waals surface area contributed by atoms with Gasteiger partial charge in [0.05, 0.1) is 44.8 Å². The molecule has 2 unspecified atom stereocenters. The Balaban J connectivity index is 0.000000169. The van der Waals surface area contributed by atoms with Crippen molar-refractivity contribution in [2.24, 2.45) is 0 Å². The monoisotopic (exact) mass is 1750 g/mol. The van der Waals surface area contributed by atoms with Gasteiger partial charge in [-0.1, -0.05) is 161 Å². The van der Waals surface area contributed by atoms with Crippen LogP contribution >= 0.6 is 46.4 Å². The Morgan fingerprint density at radius 1 is 0.405 bits per heavy atom. The van der Waals surface area contributed by atoms with Gasteiger partial charge in [0.15, 0.2) is 0 Å². The first-order valence-corrected chi connectivity index (χ1v) is 42.4. The number of rotatable bonds is 32. The number of nitrogens with one attached hydrogen (secondary N) is 5. The molecule has 121 heavy (non-hydrogen) atoms. The normalized spacial score (nSPS) is 13.3. The van der Waals surface area contributed by atoms with Crippen molar-refractivity contribution in [2.45, 2.75) is 132 Å². The van der Waals surface area contributed by atoms with Crippen LogP contribution in [0.3, 0.4) is 0 Å². The third-order valence-electron chi connectivity index (χ3n) is 21.0. The quantitative estimate of drug-likeness (QED) is 0.0201. The number of halogens is 13. The molecule has 13 rings (SSSR count). The number of hydrogen-bond donors (Lipinski definition) is 5. The van der Waals surface area contributed by atoms with Crippen molar-refractivity contribution in [3.8, 4) is 61.8 Å². The van der Waals surface area contributed by atoms with Gasteiger partial charge in [0.1, 0.15) is 17.2 Å². The van der Waals surface area contributed by atoms with E-state index in [4.69, 9.17) is 46.4 Å². The van der Waals surface area contributed by atoms with Crippen LogP contribution in [0.4, 0.5) is 62.3 Å². The molecule has 2 atom stereocenters. The van der Waals surface area contributed by atoms with E-state index in [1.165, 1.54) is 73.2 Å². The summed E-state index contributed by atoms with van der Waals surface area (Å²) in [5.74, 6) is -0.775. The SMILES string of the molecule is CCN(CC)CCCC(C)Nc1c(-c2ccc(C)cc2)cnc2cc(Cl)ccc12.CCN(CC)CCCNc1c(-c2ccc(OC(F)(F)F)cc2)cnc2cc(Cl)ccc12.CCN(CC)CCNc1c(-c2ccc(OC(F)(F)F)cc2)cnc2cc(Cl)ccc12.FC(F)(F)Oc1ccc(-c2cnc3cc(Cl)ccc3c2NCCC2CCCCN2)cc1. The van der Waals surface area contributed by atoms with Gasteiger partial charge in [-0.3, -0.25) is 19.9 Å². The smallest absolute Gasteiger partial charge is 0.406 e. The summed E-state index contributed by atoms with van der Waals surface area (Å²) in [6.45, 7) is 29.8. The van der Waals surface area contributed by atoms with Gasteiger partial charge in [0.2, 0.25) is 0 Å². The van der Waals surface area contributed by atoms with Crippen LogP contribution in [0.2, 0.25) is 20.1 Å². The summed E-state index contributed by atoms with van der Waals surface area (Å²) in [4.78, 5) is 25.3. The third-order valence-corrected chi connectivity index (χ3v) is 21.9. The Kier molecular flexibility index (Phi) is 34.8. The van der Waals surface area contributed by atoms with E-state index in [0.29, 0.717) is 38.7 Å². The lowest BCUT2D eigenvalue weighted by Crippen LogP contribution is -2.35. The number of nitrogens with zero attached hydrogens (tertiary/aromatic N) is 7. The minimum atomic E-state index is -4.72. The molecule has 5 N–H and O–H groups in total. The van der Waals surface area contributed by atoms with Crippen LogP contribution in [-0.2, 0) is 0 Å². The highest BCUT2D eigenvalue weighted by atomic mass is 35.5. The highest BCUT2D eigenvalue weighted by Crippen LogP contribution is 2.42. The van der Waals surface area contributed by atoms with Crippen LogP contribution in [0, 0.1) is 6.92 Å². The van der Waals surface area contributed by atoms with E-state index < -0.39 is 19.1 Å². The topological polar surface area (TPSA) is 149 Å². The molecule has 0 radical (unpaired) electrons. The van der Waals surface area contributed by atoms with Crippen LogP contribution < -0.4 is 40.8 Å². The number of piperidine rings is 1. The van der Waals surface area contributed by atoms with Gasteiger partial charge in [-0.25, -0.2) is 0 Å². The van der Waals surface area contributed by atoms with Gasteiger partial charge in [0.25, 0.3) is 0 Å². The second-order valence-corrected chi connectivity index (χ2v) is 31.0. The Morgan fingerprint density at radius 3 is 1.07 bits per heavy atom. The maximum Gasteiger partial charge on any atom is 0.573 e. The number of benzene rings is 8. The van der Waals surface area contributed by atoms with E-state index in [1.807, 2.05) is 42.6 Å². The van der Waals surface area contributed by atoms with Gasteiger partial charge < -0.3 is 55.5 Å². The minimum absolute atomic E-state index is 0.255. The summed E-state index contributed by atoms with van der Waals surface area (Å²) in [7, 11) is 0. The lowest BCUT2D eigenvalue weighted by molar-refractivity contribution is -0.275. The van der Waals surface area contributed by atoms with Gasteiger partial charge in [-0.2, -0.15) is 0 Å². The van der Waals surface area contributed by atoms with Crippen molar-refractivity contribution in [3.05, 3.63) is 220 Å². The van der Waals surface area contributed by atoms with Crippen LogP contribution in [0.15, 0.2) is 195 Å². The molecular weight excluding hydrogens is 1650 g/mol. The first-order chi connectivity index (χ1) is 58.0. The van der Waals surface area contributed by atoms with Gasteiger partial charge in [-0.05, 0) is 243 Å². The largest absolute Gasteiger partial charge is 0.573 e. The van der Waals surface area contributed by atoms with E-state index in [1.54, 1.807) is 85.3 Å². The molecule has 28 heteroatoms. The maximum absolute atomic E-state index is 12.5. The summed E-state index contributed by atoms with van der Waals surface area (Å²) in [5.41, 5.74) is 15.2. The first-order valence-electron chi connectivity index (χ1n) is 40.9. The average Bonchev–Trinajstić information content (AvgIpc) is 0.794. The molecule has 0 bridgehead atoms. The van der Waals surface area contributed by atoms with Crippen molar-refractivity contribution in [3.63, 3.8) is 0 Å². The van der Waals surface area contributed by atoms with Crippen molar-refractivity contribution < 1.29 is 53.7 Å².